The Balaban J connectivity index is 1.27. The fraction of sp³-hybridized carbons (Fsp3) is 0.341. The zero-order valence-corrected chi connectivity index (χ0v) is 32.1. The number of halogens is 1. The third kappa shape index (κ3) is 5.89. The quantitative estimate of drug-likeness (QED) is 0.101. The lowest BCUT2D eigenvalue weighted by Crippen LogP contribution is -2.42. The van der Waals surface area contributed by atoms with Gasteiger partial charge in [0, 0.05) is 45.1 Å². The van der Waals surface area contributed by atoms with E-state index in [0.717, 1.165) is 21.3 Å². The normalized spacial score (nSPS) is 21.5. The maximum absolute atomic E-state index is 14.4. The number of hydrogen-bond acceptors (Lipinski definition) is 10. The molecule has 0 radical (unpaired) electrons. The topological polar surface area (TPSA) is 196 Å². The van der Waals surface area contributed by atoms with Gasteiger partial charge in [-0.1, -0.05) is 64.1 Å². The number of carbonyl (C=O) groups is 4. The number of Topliss-reactive ketones (excluding diaryl/α,β-unsaturated/α-hetero) is 2. The van der Waals surface area contributed by atoms with Crippen molar-refractivity contribution in [3.63, 3.8) is 0 Å². The van der Waals surface area contributed by atoms with E-state index < -0.39 is 53.1 Å². The van der Waals surface area contributed by atoms with Gasteiger partial charge in [-0.2, -0.15) is 0 Å². The van der Waals surface area contributed by atoms with Crippen LogP contribution in [0.3, 0.4) is 0 Å². The number of aromatic hydroxyl groups is 1. The van der Waals surface area contributed by atoms with Crippen molar-refractivity contribution in [2.24, 2.45) is 17.8 Å². The average Bonchev–Trinajstić information content (AvgIpc) is 3.92. The smallest absolute Gasteiger partial charge is 0.273 e. The van der Waals surface area contributed by atoms with Crippen LogP contribution in [0.4, 0.5) is 5.69 Å². The number of carbonyl (C=O) groups excluding carboxylic acids is 4. The molecule has 4 bridgehead atoms. The number of para-hydroxylation sites is 2. The lowest BCUT2D eigenvalue weighted by molar-refractivity contribution is -0.135. The molecular weight excluding hydrogens is 770 g/mol. The number of oxazole rings is 1. The van der Waals surface area contributed by atoms with Crippen molar-refractivity contribution in [3.8, 4) is 11.5 Å². The molecule has 8 rings (SSSR count). The zero-order valence-electron chi connectivity index (χ0n) is 30.5. The van der Waals surface area contributed by atoms with Crippen LogP contribution in [-0.2, 0) is 21.4 Å². The van der Waals surface area contributed by atoms with E-state index in [0.29, 0.717) is 27.8 Å². The van der Waals surface area contributed by atoms with Crippen LogP contribution in [0.25, 0.3) is 10.9 Å². The number of benzene rings is 3. The summed E-state index contributed by atoms with van der Waals surface area (Å²) in [7, 11) is 0. The first-order valence-electron chi connectivity index (χ1n) is 18.3. The van der Waals surface area contributed by atoms with E-state index in [1.165, 1.54) is 12.3 Å². The number of aromatic nitrogens is 2. The number of ketones is 2. The number of rotatable bonds is 9. The predicted octanol–water partition coefficient (Wildman–Crippen LogP) is 5.68. The Kier molecular flexibility index (Phi) is 9.08. The highest BCUT2D eigenvalue weighted by molar-refractivity contribution is 9.10. The molecule has 2 amide bonds. The highest BCUT2D eigenvalue weighted by atomic mass is 79.9. The number of nitrogens with one attached hydrogen (secondary N) is 4. The largest absolute Gasteiger partial charge is 0.506 e. The Morgan fingerprint density at radius 2 is 1.84 bits per heavy atom. The molecule has 2 aromatic heterocycles. The number of fused-ring (bicyclic) bond motifs is 5. The Hall–Kier alpha value is -5.47. The number of anilines is 1. The zero-order chi connectivity index (χ0) is 38.9. The fourth-order valence-corrected chi connectivity index (χ4v) is 8.53. The molecule has 13 nitrogen and oxygen atoms in total. The van der Waals surface area contributed by atoms with Crippen molar-refractivity contribution in [3.05, 3.63) is 105 Å². The number of H-pyrrole nitrogens is 1. The number of ether oxygens (including phenoxy) is 1. The van der Waals surface area contributed by atoms with Crippen LogP contribution in [0, 0.1) is 17.8 Å². The number of hydrogen-bond donors (Lipinski definition) is 6. The Morgan fingerprint density at radius 1 is 1.05 bits per heavy atom. The number of amides is 2. The van der Waals surface area contributed by atoms with Crippen molar-refractivity contribution >= 4 is 55.9 Å². The van der Waals surface area contributed by atoms with Crippen LogP contribution in [-0.4, -0.2) is 62.4 Å². The molecule has 5 aromatic rings. The summed E-state index contributed by atoms with van der Waals surface area (Å²) in [5.41, 5.74) is 2.24. The molecule has 0 saturated carbocycles. The molecule has 284 valence electrons. The summed E-state index contributed by atoms with van der Waals surface area (Å²) < 4.78 is 14.1. The second-order valence-electron chi connectivity index (χ2n) is 15.2. The summed E-state index contributed by atoms with van der Waals surface area (Å²) in [6, 6.07) is 15.3. The molecule has 3 aliphatic rings. The molecular formula is C41H40BrN5O8. The third-order valence-corrected chi connectivity index (χ3v) is 11.6. The van der Waals surface area contributed by atoms with Crippen LogP contribution >= 0.6 is 15.9 Å². The van der Waals surface area contributed by atoms with Gasteiger partial charge in [0.15, 0.2) is 29.2 Å². The molecule has 0 saturated heterocycles. The minimum Gasteiger partial charge on any atom is -0.506 e. The van der Waals surface area contributed by atoms with E-state index in [1.807, 2.05) is 44.2 Å². The first kappa shape index (κ1) is 36.5. The van der Waals surface area contributed by atoms with E-state index in [1.54, 1.807) is 32.0 Å². The number of aliphatic hydroxyl groups is 1. The summed E-state index contributed by atoms with van der Waals surface area (Å²) in [5.74, 6) is -2.63. The van der Waals surface area contributed by atoms with E-state index in [4.69, 9.17) is 14.1 Å². The standard InChI is InChI=1S/C41H40BrN5O8/c1-18(2)31-39-46-34(38(53)44-17-29(50)23-16-43-32-22(23)7-5-10-27(32)48)36(55-39)41-24-8-6-9-26(42)33(24)47-40(41)54-30-12-11-20(14-25(30)41)13-21(37(52)45-31)15-28(49)35(51)19(3)4/h5-12,14,16,18-19,21,31,35,40,43,47-48,51H,13,15,17H2,1-4H3,(H,44,53)(H,45,52)/t21?,31-,35-,40-,41?/m0/s1. The van der Waals surface area contributed by atoms with E-state index in [2.05, 4.69) is 36.9 Å². The van der Waals surface area contributed by atoms with E-state index in [-0.39, 0.29) is 54.3 Å². The van der Waals surface area contributed by atoms with Crippen molar-refractivity contribution in [2.75, 3.05) is 11.9 Å². The van der Waals surface area contributed by atoms with Crippen molar-refractivity contribution in [2.45, 2.75) is 64.3 Å². The SMILES string of the molecule is CC(C)[C@H](O)C(=O)CC1Cc2ccc3c(c2)C2(c4cccc(Br)c4N[C@H]2O3)c2oc(nc2C(=O)NCC(=O)c2c[nH]c3c(O)cccc23)[C@H](C(C)C)NC1=O. The summed E-state index contributed by atoms with van der Waals surface area (Å²) in [6.45, 7) is 6.87. The molecule has 3 aromatic carbocycles. The molecule has 0 aliphatic carbocycles. The fourth-order valence-electron chi connectivity index (χ4n) is 8.05. The van der Waals surface area contributed by atoms with Crippen LogP contribution in [0.1, 0.15) is 89.3 Å². The summed E-state index contributed by atoms with van der Waals surface area (Å²) in [6.07, 6.45) is -0.519. The number of aromatic amines is 1. The molecule has 14 heteroatoms. The highest BCUT2D eigenvalue weighted by Gasteiger charge is 2.61. The number of phenolic OH excluding ortho intramolecular Hbond substituents is 1. The lowest BCUT2D eigenvalue weighted by atomic mass is 9.72. The molecule has 55 heavy (non-hydrogen) atoms. The third-order valence-electron chi connectivity index (χ3n) is 10.9. The van der Waals surface area contributed by atoms with Gasteiger partial charge >= 0.3 is 0 Å². The van der Waals surface area contributed by atoms with Gasteiger partial charge in [0.25, 0.3) is 5.91 Å². The minimum absolute atomic E-state index is 0.00435. The number of phenols is 1. The van der Waals surface area contributed by atoms with E-state index >= 15 is 0 Å². The van der Waals surface area contributed by atoms with Gasteiger partial charge in [0.1, 0.15) is 29.1 Å². The Labute approximate surface area is 324 Å². The van der Waals surface area contributed by atoms with Crippen LogP contribution < -0.4 is 20.7 Å². The minimum atomic E-state index is -1.26. The van der Waals surface area contributed by atoms with Gasteiger partial charge in [-0.25, -0.2) is 4.98 Å². The monoisotopic (exact) mass is 809 g/mol. The Bertz CT molecular complexity index is 2400. The van der Waals surface area contributed by atoms with Gasteiger partial charge in [0.05, 0.1) is 17.7 Å². The molecule has 2 unspecified atom stereocenters. The van der Waals surface area contributed by atoms with E-state index in [9.17, 15) is 29.4 Å². The number of nitrogens with zero attached hydrogens (tertiary/aromatic N) is 1. The predicted molar refractivity (Wildman–Crippen MR) is 205 cm³/mol. The van der Waals surface area contributed by atoms with Gasteiger partial charge in [-0.15, -0.1) is 0 Å². The average molecular weight is 811 g/mol. The summed E-state index contributed by atoms with van der Waals surface area (Å²) in [4.78, 5) is 63.1. The Morgan fingerprint density at radius 3 is 2.60 bits per heavy atom. The number of aliphatic hydroxyl groups excluding tert-OH is 1. The van der Waals surface area contributed by atoms with Crippen LogP contribution in [0.2, 0.25) is 0 Å². The summed E-state index contributed by atoms with van der Waals surface area (Å²) in [5, 5.41) is 30.7. The second-order valence-corrected chi connectivity index (χ2v) is 16.0. The van der Waals surface area contributed by atoms with Crippen LogP contribution in [0.5, 0.6) is 11.5 Å². The van der Waals surface area contributed by atoms with Crippen LogP contribution in [0.15, 0.2) is 69.7 Å². The molecule has 3 aliphatic heterocycles. The lowest BCUT2D eigenvalue weighted by Gasteiger charge is -2.28. The van der Waals surface area contributed by atoms with Gasteiger partial charge < -0.3 is 40.3 Å². The second kappa shape index (κ2) is 13.7. The maximum atomic E-state index is 14.4. The van der Waals surface area contributed by atoms with Gasteiger partial charge in [0.2, 0.25) is 11.8 Å². The summed E-state index contributed by atoms with van der Waals surface area (Å²) >= 11 is 3.68. The van der Waals surface area contributed by atoms with Crippen molar-refractivity contribution in [1.82, 2.24) is 20.6 Å². The highest BCUT2D eigenvalue weighted by Crippen LogP contribution is 2.59. The molecule has 1 spiro atoms. The van der Waals surface area contributed by atoms with Gasteiger partial charge in [-0.05, 0) is 57.9 Å². The first-order chi connectivity index (χ1) is 26.3. The molecule has 5 atom stereocenters. The molecule has 0 fully saturated rings. The van der Waals surface area contributed by atoms with Gasteiger partial charge in [-0.3, -0.25) is 19.2 Å². The van der Waals surface area contributed by atoms with Crippen molar-refractivity contribution in [1.29, 1.82) is 0 Å². The first-order valence-corrected chi connectivity index (χ1v) is 19.1. The molecule has 5 heterocycles. The molecule has 6 N–H and O–H groups in total. The maximum Gasteiger partial charge on any atom is 0.273 e. The van der Waals surface area contributed by atoms with Crippen molar-refractivity contribution < 1.29 is 38.5 Å².